The van der Waals surface area contributed by atoms with E-state index < -0.39 is 0 Å². The molecule has 1 amide bonds. The maximum Gasteiger partial charge on any atom is 0.222 e. The predicted octanol–water partition coefficient (Wildman–Crippen LogP) is 2.50. The quantitative estimate of drug-likeness (QED) is 0.859. The Morgan fingerprint density at radius 1 is 1.22 bits per heavy atom. The molecule has 0 saturated carbocycles. The largest absolute Gasteiger partial charge is 0.493 e. The van der Waals surface area contributed by atoms with Crippen LogP contribution in [0.15, 0.2) is 12.1 Å². The van der Waals surface area contributed by atoms with Gasteiger partial charge in [0.15, 0.2) is 11.5 Å². The molecule has 2 heterocycles. The van der Waals surface area contributed by atoms with Gasteiger partial charge in [-0.15, -0.1) is 0 Å². The van der Waals surface area contributed by atoms with E-state index in [0.29, 0.717) is 13.0 Å². The number of benzene rings is 1. The number of hydrogen-bond donors (Lipinski definition) is 0. The van der Waals surface area contributed by atoms with Crippen molar-refractivity contribution in [1.82, 2.24) is 4.90 Å². The average Bonchev–Trinajstić information content (AvgIpc) is 2.61. The third-order valence-electron chi connectivity index (χ3n) is 5.08. The van der Waals surface area contributed by atoms with Crippen molar-refractivity contribution in [3.63, 3.8) is 0 Å². The van der Waals surface area contributed by atoms with Crippen LogP contribution in [-0.4, -0.2) is 44.7 Å². The van der Waals surface area contributed by atoms with E-state index in [9.17, 15) is 4.79 Å². The van der Waals surface area contributed by atoms with Gasteiger partial charge in [0.1, 0.15) is 0 Å². The number of nitrogens with zero attached hydrogens (tertiary/aromatic N) is 1. The number of amides is 1. The molecule has 126 valence electrons. The van der Waals surface area contributed by atoms with Gasteiger partial charge >= 0.3 is 0 Å². The maximum absolute atomic E-state index is 11.9. The second-order valence-corrected chi connectivity index (χ2v) is 6.19. The van der Waals surface area contributed by atoms with Gasteiger partial charge in [0.2, 0.25) is 5.91 Å². The topological polar surface area (TPSA) is 48.0 Å². The Labute approximate surface area is 137 Å². The van der Waals surface area contributed by atoms with Gasteiger partial charge in [-0.05, 0) is 42.5 Å². The average molecular weight is 319 g/mol. The van der Waals surface area contributed by atoms with Crippen LogP contribution in [0.4, 0.5) is 0 Å². The summed E-state index contributed by atoms with van der Waals surface area (Å²) in [6, 6.07) is 4.13. The number of fused-ring (bicyclic) bond motifs is 2. The highest BCUT2D eigenvalue weighted by Crippen LogP contribution is 2.45. The highest BCUT2D eigenvalue weighted by molar-refractivity contribution is 5.76. The smallest absolute Gasteiger partial charge is 0.222 e. The summed E-state index contributed by atoms with van der Waals surface area (Å²) in [5.41, 5.74) is 2.17. The van der Waals surface area contributed by atoms with E-state index in [1.807, 2.05) is 11.8 Å². The molecule has 5 heteroatoms. The first-order valence-electron chi connectivity index (χ1n) is 8.30. The summed E-state index contributed by atoms with van der Waals surface area (Å²) in [7, 11) is 3.32. The van der Waals surface area contributed by atoms with Gasteiger partial charge in [-0.25, -0.2) is 0 Å². The minimum Gasteiger partial charge on any atom is -0.493 e. The van der Waals surface area contributed by atoms with Crippen LogP contribution < -0.4 is 9.47 Å². The SMILES string of the molecule is CCC(=O)N1CCC2(CC1)OCCc1cc(OC)c(OC)cc12. The molecule has 5 nitrogen and oxygen atoms in total. The second-order valence-electron chi connectivity index (χ2n) is 6.19. The number of carbonyl (C=O) groups is 1. The summed E-state index contributed by atoms with van der Waals surface area (Å²) < 4.78 is 17.1. The van der Waals surface area contributed by atoms with E-state index in [0.717, 1.165) is 43.9 Å². The zero-order valence-electron chi connectivity index (χ0n) is 14.2. The van der Waals surface area contributed by atoms with Crippen molar-refractivity contribution in [2.45, 2.75) is 38.2 Å². The zero-order valence-corrected chi connectivity index (χ0v) is 14.2. The molecule has 3 rings (SSSR count). The first-order valence-corrected chi connectivity index (χ1v) is 8.30. The molecule has 1 saturated heterocycles. The van der Waals surface area contributed by atoms with Gasteiger partial charge < -0.3 is 19.1 Å². The standard InChI is InChI=1S/C18H25NO4/c1-4-17(20)19-8-6-18(7-9-19)14-12-16(22-3)15(21-2)11-13(14)5-10-23-18/h11-12H,4-10H2,1-3H3. The third-order valence-corrected chi connectivity index (χ3v) is 5.08. The van der Waals surface area contributed by atoms with E-state index >= 15 is 0 Å². The number of hydrogen-bond acceptors (Lipinski definition) is 4. The fourth-order valence-corrected chi connectivity index (χ4v) is 3.74. The molecule has 1 fully saturated rings. The van der Waals surface area contributed by atoms with E-state index in [-0.39, 0.29) is 11.5 Å². The second kappa shape index (κ2) is 6.40. The lowest BCUT2D eigenvalue weighted by Crippen LogP contribution is -2.48. The predicted molar refractivity (Wildman–Crippen MR) is 87.0 cm³/mol. The monoisotopic (exact) mass is 319 g/mol. The minimum absolute atomic E-state index is 0.225. The Bertz CT molecular complexity index is 591. The van der Waals surface area contributed by atoms with Gasteiger partial charge in [-0.3, -0.25) is 4.79 Å². The number of ether oxygens (including phenoxy) is 3. The van der Waals surface area contributed by atoms with Crippen LogP contribution in [0.3, 0.4) is 0 Å². The van der Waals surface area contributed by atoms with E-state index in [2.05, 4.69) is 12.1 Å². The van der Waals surface area contributed by atoms with Crippen LogP contribution >= 0.6 is 0 Å². The number of piperidine rings is 1. The number of methoxy groups -OCH3 is 2. The summed E-state index contributed by atoms with van der Waals surface area (Å²) >= 11 is 0. The summed E-state index contributed by atoms with van der Waals surface area (Å²) in [5, 5.41) is 0. The van der Waals surface area contributed by atoms with E-state index in [1.54, 1.807) is 14.2 Å². The molecule has 2 aliphatic rings. The number of carbonyl (C=O) groups excluding carboxylic acids is 1. The normalized spacial score (nSPS) is 19.3. The van der Waals surface area contributed by atoms with Crippen LogP contribution in [-0.2, 0) is 21.6 Å². The van der Waals surface area contributed by atoms with Gasteiger partial charge in [-0.2, -0.15) is 0 Å². The Kier molecular flexibility index (Phi) is 4.48. The fraction of sp³-hybridized carbons (Fsp3) is 0.611. The van der Waals surface area contributed by atoms with Crippen molar-refractivity contribution < 1.29 is 19.0 Å². The molecule has 2 aliphatic heterocycles. The van der Waals surface area contributed by atoms with E-state index in [1.165, 1.54) is 11.1 Å². The molecule has 1 aromatic carbocycles. The highest BCUT2D eigenvalue weighted by atomic mass is 16.5. The van der Waals surface area contributed by atoms with Crippen molar-refractivity contribution in [2.75, 3.05) is 33.9 Å². The van der Waals surface area contributed by atoms with Crippen LogP contribution in [0, 0.1) is 0 Å². The van der Waals surface area contributed by atoms with Crippen LogP contribution in [0.25, 0.3) is 0 Å². The summed E-state index contributed by atoms with van der Waals surface area (Å²) in [4.78, 5) is 13.9. The van der Waals surface area contributed by atoms with Gasteiger partial charge in [0.25, 0.3) is 0 Å². The molecule has 1 aromatic rings. The van der Waals surface area contributed by atoms with Crippen molar-refractivity contribution in [3.05, 3.63) is 23.3 Å². The molecule has 0 N–H and O–H groups in total. The Balaban J connectivity index is 1.91. The molecule has 0 aliphatic carbocycles. The minimum atomic E-state index is -0.294. The summed E-state index contributed by atoms with van der Waals surface area (Å²) in [5.74, 6) is 1.73. The lowest BCUT2D eigenvalue weighted by Gasteiger charge is -2.45. The first-order chi connectivity index (χ1) is 11.1. The highest BCUT2D eigenvalue weighted by Gasteiger charge is 2.42. The molecular formula is C18H25NO4. The Morgan fingerprint density at radius 3 is 2.48 bits per heavy atom. The molecule has 1 spiro atoms. The summed E-state index contributed by atoms with van der Waals surface area (Å²) in [6.07, 6.45) is 3.12. The third kappa shape index (κ3) is 2.78. The van der Waals surface area contributed by atoms with Crippen molar-refractivity contribution >= 4 is 5.91 Å². The molecular weight excluding hydrogens is 294 g/mol. The van der Waals surface area contributed by atoms with Crippen LogP contribution in [0.5, 0.6) is 11.5 Å². The van der Waals surface area contributed by atoms with Crippen molar-refractivity contribution in [3.8, 4) is 11.5 Å². The number of likely N-dealkylation sites (tertiary alicyclic amines) is 1. The summed E-state index contributed by atoms with van der Waals surface area (Å²) in [6.45, 7) is 4.13. The van der Waals surface area contributed by atoms with E-state index in [4.69, 9.17) is 14.2 Å². The zero-order chi connectivity index (χ0) is 16.4. The molecule has 0 atom stereocenters. The van der Waals surface area contributed by atoms with Crippen LogP contribution in [0.1, 0.15) is 37.3 Å². The lowest BCUT2D eigenvalue weighted by atomic mass is 9.79. The molecule has 0 aromatic heterocycles. The van der Waals surface area contributed by atoms with Gasteiger partial charge in [0.05, 0.1) is 26.4 Å². The first kappa shape index (κ1) is 16.1. The molecule has 0 unspecified atom stereocenters. The van der Waals surface area contributed by atoms with Crippen molar-refractivity contribution in [1.29, 1.82) is 0 Å². The maximum atomic E-state index is 11.9. The van der Waals surface area contributed by atoms with Crippen molar-refractivity contribution in [2.24, 2.45) is 0 Å². The number of rotatable bonds is 3. The lowest BCUT2D eigenvalue weighted by molar-refractivity contribution is -0.140. The molecule has 0 radical (unpaired) electrons. The van der Waals surface area contributed by atoms with Crippen LogP contribution in [0.2, 0.25) is 0 Å². The Hall–Kier alpha value is -1.75. The van der Waals surface area contributed by atoms with Gasteiger partial charge in [0, 0.05) is 19.5 Å². The molecule has 23 heavy (non-hydrogen) atoms. The fourth-order valence-electron chi connectivity index (χ4n) is 3.74. The Morgan fingerprint density at radius 2 is 1.87 bits per heavy atom. The molecule has 0 bridgehead atoms. The van der Waals surface area contributed by atoms with Gasteiger partial charge in [-0.1, -0.05) is 6.92 Å².